The number of aryl methyl sites for hydroxylation is 1. The van der Waals surface area contributed by atoms with Crippen molar-refractivity contribution in [2.24, 2.45) is 0 Å². The van der Waals surface area contributed by atoms with Crippen molar-refractivity contribution in [3.63, 3.8) is 0 Å². The van der Waals surface area contributed by atoms with E-state index in [0.29, 0.717) is 22.3 Å². The van der Waals surface area contributed by atoms with E-state index in [-0.39, 0.29) is 35.6 Å². The molecule has 2 nitrogen and oxygen atoms in total. The molecule has 1 aromatic heterocycles. The normalized spacial score (nSPS) is 14.5. The molecule has 0 atom stereocenters. The molecule has 0 aliphatic carbocycles. The van der Waals surface area contributed by atoms with Crippen LogP contribution in [0.1, 0.15) is 16.8 Å². The molecule has 0 bridgehead atoms. The zero-order chi connectivity index (χ0) is 34.9. The summed E-state index contributed by atoms with van der Waals surface area (Å²) in [7, 11) is 0. The zero-order valence-corrected chi connectivity index (χ0v) is 22.4. The van der Waals surface area contributed by atoms with E-state index in [1.807, 2.05) is 103 Å². The Morgan fingerprint density at radius 3 is 2.05 bits per heavy atom. The minimum atomic E-state index is -2.45. The van der Waals surface area contributed by atoms with Gasteiger partial charge in [-0.25, -0.2) is 4.98 Å². The van der Waals surface area contributed by atoms with Gasteiger partial charge in [-0.2, -0.15) is 0 Å². The van der Waals surface area contributed by atoms with E-state index < -0.39 is 12.9 Å². The number of nitrogens with zero attached hydrogens (tertiary/aromatic N) is 2. The van der Waals surface area contributed by atoms with E-state index >= 15 is 0 Å². The average molecular weight is 545 g/mol. The number of imidazole rings is 1. The van der Waals surface area contributed by atoms with E-state index in [9.17, 15) is 0 Å². The smallest absolute Gasteiger partial charge is 0.111 e. The summed E-state index contributed by atoms with van der Waals surface area (Å²) in [4.78, 5) is 4.51. The third-order valence-corrected chi connectivity index (χ3v) is 7.83. The summed E-state index contributed by atoms with van der Waals surface area (Å²) >= 11 is 0. The minimum absolute atomic E-state index is 0.0201. The molecule has 0 saturated heterocycles. The topological polar surface area (TPSA) is 17.8 Å². The van der Waals surface area contributed by atoms with E-state index in [1.165, 1.54) is 0 Å². The van der Waals surface area contributed by atoms with Crippen molar-refractivity contribution in [2.75, 3.05) is 0 Å². The predicted molar refractivity (Wildman–Crippen MR) is 177 cm³/mol. The summed E-state index contributed by atoms with van der Waals surface area (Å²) in [6, 6.07) is 37.2. The van der Waals surface area contributed by atoms with Crippen molar-refractivity contribution in [2.45, 2.75) is 6.85 Å². The van der Waals surface area contributed by atoms with Crippen molar-refractivity contribution in [1.29, 1.82) is 0 Å². The Morgan fingerprint density at radius 1 is 0.548 bits per heavy atom. The van der Waals surface area contributed by atoms with Crippen LogP contribution >= 0.6 is 0 Å². The molecule has 0 aliphatic heterocycles. The van der Waals surface area contributed by atoms with Gasteiger partial charge in [0.25, 0.3) is 0 Å². The molecule has 0 unspecified atom stereocenters. The number of para-hydroxylation sites is 2. The number of hydrogen-bond acceptors (Lipinski definition) is 1. The lowest BCUT2D eigenvalue weighted by atomic mass is 9.85. The Hall–Kier alpha value is -5.47. The first-order valence-corrected chi connectivity index (χ1v) is 13.7. The fourth-order valence-electron chi connectivity index (χ4n) is 6.04. The number of fused-ring (bicyclic) bond motifs is 3. The lowest BCUT2D eigenvalue weighted by Gasteiger charge is -2.19. The molecule has 2 heteroatoms. The second kappa shape index (κ2) is 9.87. The predicted octanol–water partition coefficient (Wildman–Crippen LogP) is 10.6. The maximum absolute atomic E-state index is 8.70. The van der Waals surface area contributed by atoms with E-state index in [1.54, 1.807) is 10.6 Å². The average Bonchev–Trinajstić information content (AvgIpc) is 3.53. The minimum Gasteiger partial charge on any atom is -0.297 e. The first-order valence-electron chi connectivity index (χ1n) is 17.7. The van der Waals surface area contributed by atoms with Gasteiger partial charge in [-0.3, -0.25) is 4.57 Å². The van der Waals surface area contributed by atoms with Crippen LogP contribution in [0.5, 0.6) is 0 Å². The van der Waals surface area contributed by atoms with Gasteiger partial charge in [0.2, 0.25) is 0 Å². The van der Waals surface area contributed by atoms with Crippen molar-refractivity contribution < 1.29 is 11.0 Å². The lowest BCUT2D eigenvalue weighted by Crippen LogP contribution is -1.97. The zero-order valence-electron chi connectivity index (χ0n) is 30.4. The Balaban J connectivity index is 1.47. The molecule has 8 rings (SSSR count). The maximum Gasteiger partial charge on any atom is 0.111 e. The third kappa shape index (κ3) is 3.92. The SMILES string of the molecule is [2H]c1c([2H])c([2H])c(-c2ccc3c(-c4cccc(-n5c(C([2H])([2H])[2H])nc6ccccc65)c4)c4ccccc4c(-c4ccccc4)c3c2)c([2H])c1[2H]. The monoisotopic (exact) mass is 544 g/mol. The van der Waals surface area contributed by atoms with Crippen LogP contribution in [-0.2, 0) is 0 Å². The maximum atomic E-state index is 8.70. The summed E-state index contributed by atoms with van der Waals surface area (Å²) in [5, 5.41) is 3.69. The molecule has 0 spiro atoms. The summed E-state index contributed by atoms with van der Waals surface area (Å²) in [5.41, 5.74) is 6.28. The number of rotatable bonds is 4. The molecule has 7 aromatic carbocycles. The fraction of sp³-hybridized carbons (Fsp3) is 0.0250. The summed E-state index contributed by atoms with van der Waals surface area (Å²) < 4.78 is 68.7. The highest BCUT2D eigenvalue weighted by atomic mass is 15.1. The molecule has 0 saturated carbocycles. The molecule has 0 amide bonds. The highest BCUT2D eigenvalue weighted by Gasteiger charge is 2.18. The van der Waals surface area contributed by atoms with Crippen LogP contribution in [0.2, 0.25) is 0 Å². The second-order valence-electron chi connectivity index (χ2n) is 10.2. The Bertz CT molecular complexity index is 2610. The van der Waals surface area contributed by atoms with Gasteiger partial charge >= 0.3 is 0 Å². The van der Waals surface area contributed by atoms with Crippen LogP contribution in [0.25, 0.3) is 71.6 Å². The molecular formula is C40H28N2. The van der Waals surface area contributed by atoms with Gasteiger partial charge in [0.15, 0.2) is 0 Å². The number of hydrogen-bond donors (Lipinski definition) is 0. The van der Waals surface area contributed by atoms with Crippen molar-refractivity contribution in [3.8, 4) is 39.1 Å². The van der Waals surface area contributed by atoms with E-state index in [2.05, 4.69) is 17.1 Å². The third-order valence-electron chi connectivity index (χ3n) is 7.83. The van der Waals surface area contributed by atoms with Crippen LogP contribution in [0.15, 0.2) is 152 Å². The van der Waals surface area contributed by atoms with Crippen LogP contribution in [0, 0.1) is 6.85 Å². The molecule has 0 fully saturated rings. The molecular weight excluding hydrogens is 508 g/mol. The van der Waals surface area contributed by atoms with Gasteiger partial charge in [-0.1, -0.05) is 121 Å². The van der Waals surface area contributed by atoms with Crippen LogP contribution in [-0.4, -0.2) is 9.55 Å². The summed E-state index contributed by atoms with van der Waals surface area (Å²) in [6.07, 6.45) is 0. The first kappa shape index (κ1) is 17.4. The van der Waals surface area contributed by atoms with Gasteiger partial charge in [0.1, 0.15) is 5.82 Å². The number of aromatic nitrogens is 2. The molecule has 0 N–H and O–H groups in total. The van der Waals surface area contributed by atoms with Gasteiger partial charge in [-0.15, -0.1) is 0 Å². The summed E-state index contributed by atoms with van der Waals surface area (Å²) in [5.74, 6) is -0.0201. The van der Waals surface area contributed by atoms with Crippen LogP contribution < -0.4 is 0 Å². The first-order chi connectivity index (χ1) is 24.0. The fourth-order valence-corrected chi connectivity index (χ4v) is 6.04. The lowest BCUT2D eigenvalue weighted by molar-refractivity contribution is 1.00. The molecule has 0 radical (unpaired) electrons. The summed E-state index contributed by atoms with van der Waals surface area (Å²) in [6.45, 7) is -2.45. The molecule has 8 aromatic rings. The highest BCUT2D eigenvalue weighted by molar-refractivity contribution is 6.22. The van der Waals surface area contributed by atoms with Crippen molar-refractivity contribution in [3.05, 3.63) is 157 Å². The largest absolute Gasteiger partial charge is 0.297 e. The second-order valence-corrected chi connectivity index (χ2v) is 10.2. The van der Waals surface area contributed by atoms with Crippen LogP contribution in [0.4, 0.5) is 0 Å². The Morgan fingerprint density at radius 2 is 1.24 bits per heavy atom. The van der Waals surface area contributed by atoms with Crippen LogP contribution in [0.3, 0.4) is 0 Å². The van der Waals surface area contributed by atoms with Gasteiger partial charge in [0, 0.05) is 9.80 Å². The van der Waals surface area contributed by atoms with Gasteiger partial charge < -0.3 is 0 Å². The standard InChI is InChI=1S/C40H28N2/c1-27-41-37-21-10-11-22-38(37)42(27)32-18-12-17-31(25-32)40-34-20-9-8-19-33(34)39(29-15-6-3-7-16-29)36-26-30(23-24-35(36)40)28-13-4-2-5-14-28/h2-26H,1H3/i1D3,2D,4D,5D,13D,14D. The molecule has 198 valence electrons. The van der Waals surface area contributed by atoms with Gasteiger partial charge in [-0.05, 0) is 92.1 Å². The molecule has 0 aliphatic rings. The van der Waals surface area contributed by atoms with Crippen molar-refractivity contribution >= 4 is 32.6 Å². The Labute approximate surface area is 256 Å². The number of benzene rings is 7. The van der Waals surface area contributed by atoms with Crippen molar-refractivity contribution in [1.82, 2.24) is 9.55 Å². The highest BCUT2D eigenvalue weighted by Crippen LogP contribution is 2.45. The quantitative estimate of drug-likeness (QED) is 0.202. The molecule has 1 heterocycles. The Kier molecular flexibility index (Phi) is 4.08. The van der Waals surface area contributed by atoms with Gasteiger partial charge in [0.05, 0.1) is 17.9 Å². The van der Waals surface area contributed by atoms with E-state index in [4.69, 9.17) is 11.0 Å². The molecule has 42 heavy (non-hydrogen) atoms. The van der Waals surface area contributed by atoms with E-state index in [0.717, 1.165) is 43.8 Å².